The van der Waals surface area contributed by atoms with Crippen LogP contribution in [0, 0.1) is 18.8 Å². The van der Waals surface area contributed by atoms with Crippen molar-refractivity contribution >= 4 is 28.3 Å². The third-order valence-electron chi connectivity index (χ3n) is 3.16. The second-order valence-corrected chi connectivity index (χ2v) is 5.61. The first-order chi connectivity index (χ1) is 8.58. The fourth-order valence-electron chi connectivity index (χ4n) is 2.27. The number of hydrogen-bond acceptors (Lipinski definition) is 6. The Morgan fingerprint density at radius 2 is 1.94 bits per heavy atom. The normalized spacial score (nSPS) is 23.6. The van der Waals surface area contributed by atoms with Crippen molar-refractivity contribution in [3.63, 3.8) is 0 Å². The summed E-state index contributed by atoms with van der Waals surface area (Å²) in [5, 5.41) is 22.4. The lowest BCUT2D eigenvalue weighted by Crippen LogP contribution is -2.42. The van der Waals surface area contributed by atoms with Gasteiger partial charge in [0.05, 0.1) is 0 Å². The number of carboxylic acid groups (broad SMARTS) is 1. The first-order valence-corrected chi connectivity index (χ1v) is 6.71. The van der Waals surface area contributed by atoms with Gasteiger partial charge in [-0.2, -0.15) is 0 Å². The van der Waals surface area contributed by atoms with Crippen LogP contribution in [0.3, 0.4) is 0 Å². The molecule has 0 aromatic carbocycles. The van der Waals surface area contributed by atoms with Crippen LogP contribution in [-0.4, -0.2) is 22.1 Å². The number of nitrogens with one attached hydrogen (secondary N) is 1. The Balaban J connectivity index is 2.04. The summed E-state index contributed by atoms with van der Waals surface area (Å²) in [5.74, 6) is -2.64. The van der Waals surface area contributed by atoms with Gasteiger partial charge in [0.2, 0.25) is 11.0 Å². The fourth-order valence-corrected chi connectivity index (χ4v) is 2.87. The van der Waals surface area contributed by atoms with Gasteiger partial charge in [-0.3, -0.25) is 4.79 Å². The predicted molar refractivity (Wildman–Crippen MR) is 63.7 cm³/mol. The number of carbonyl (C=O) groups excluding carboxylic acids is 2. The van der Waals surface area contributed by atoms with Crippen molar-refractivity contribution in [2.75, 3.05) is 5.32 Å². The molecule has 0 aliphatic heterocycles. The number of aromatic nitrogens is 2. The first kappa shape index (κ1) is 12.9. The van der Waals surface area contributed by atoms with Gasteiger partial charge in [0, 0.05) is 17.8 Å². The molecule has 0 spiro atoms. The molecule has 6 nitrogen and oxygen atoms in total. The third-order valence-corrected chi connectivity index (χ3v) is 3.92. The van der Waals surface area contributed by atoms with Crippen LogP contribution in [0.2, 0.25) is 0 Å². The summed E-state index contributed by atoms with van der Waals surface area (Å²) in [7, 11) is 0. The molecular weight excluding hydrogens is 254 g/mol. The molecule has 98 valence electrons. The van der Waals surface area contributed by atoms with E-state index in [9.17, 15) is 14.7 Å². The van der Waals surface area contributed by atoms with Gasteiger partial charge in [0.25, 0.3) is 0 Å². The van der Waals surface area contributed by atoms with E-state index < -0.39 is 17.8 Å². The molecule has 0 bridgehead atoms. The maximum absolute atomic E-state index is 12.0. The van der Waals surface area contributed by atoms with E-state index in [-0.39, 0.29) is 5.91 Å². The van der Waals surface area contributed by atoms with E-state index in [1.807, 2.05) is 0 Å². The third kappa shape index (κ3) is 2.84. The molecule has 0 unspecified atom stereocenters. The van der Waals surface area contributed by atoms with Crippen molar-refractivity contribution in [1.82, 2.24) is 10.2 Å². The van der Waals surface area contributed by atoms with Gasteiger partial charge in [-0.25, -0.2) is 0 Å². The molecule has 1 aliphatic rings. The molecule has 1 aliphatic carbocycles. The molecule has 1 saturated carbocycles. The smallest absolute Gasteiger partial charge is 0.229 e. The molecule has 18 heavy (non-hydrogen) atoms. The van der Waals surface area contributed by atoms with E-state index in [1.54, 1.807) is 6.92 Å². The van der Waals surface area contributed by atoms with Crippen molar-refractivity contribution in [3.05, 3.63) is 5.01 Å². The lowest BCUT2D eigenvalue weighted by atomic mass is 9.79. The van der Waals surface area contributed by atoms with Gasteiger partial charge in [-0.05, 0) is 19.8 Å². The standard InChI is InChI=1S/C11H15N3O3S/c1-6-13-14-11(18-6)12-9(15)7-4-2-3-5-8(7)10(16)17/h7-8H,2-5H2,1H3,(H,16,17)(H,12,14,15)/p-1/t7-,8-/m1/s1. The molecule has 7 heteroatoms. The van der Waals surface area contributed by atoms with Crippen molar-refractivity contribution in [3.8, 4) is 0 Å². The number of rotatable bonds is 3. The van der Waals surface area contributed by atoms with Gasteiger partial charge in [-0.1, -0.05) is 24.2 Å². The lowest BCUT2D eigenvalue weighted by molar-refractivity contribution is -0.313. The summed E-state index contributed by atoms with van der Waals surface area (Å²) in [6, 6.07) is 0. The molecule has 1 heterocycles. The summed E-state index contributed by atoms with van der Waals surface area (Å²) in [6.07, 6.45) is 2.80. The zero-order valence-electron chi connectivity index (χ0n) is 10.0. The van der Waals surface area contributed by atoms with Crippen LogP contribution >= 0.6 is 11.3 Å². The summed E-state index contributed by atoms with van der Waals surface area (Å²) in [6.45, 7) is 1.79. The Morgan fingerprint density at radius 3 is 2.50 bits per heavy atom. The second kappa shape index (κ2) is 5.43. The highest BCUT2D eigenvalue weighted by Gasteiger charge is 2.32. The van der Waals surface area contributed by atoms with Crippen LogP contribution in [0.15, 0.2) is 0 Å². The second-order valence-electron chi connectivity index (χ2n) is 4.43. The zero-order valence-corrected chi connectivity index (χ0v) is 10.8. The lowest BCUT2D eigenvalue weighted by Gasteiger charge is -2.30. The molecule has 1 fully saturated rings. The predicted octanol–water partition coefficient (Wildman–Crippen LogP) is 0.341. The number of carboxylic acids is 1. The summed E-state index contributed by atoms with van der Waals surface area (Å²) in [5.41, 5.74) is 0. The van der Waals surface area contributed by atoms with Crippen molar-refractivity contribution in [1.29, 1.82) is 0 Å². The first-order valence-electron chi connectivity index (χ1n) is 5.90. The van der Waals surface area contributed by atoms with Gasteiger partial charge in [-0.15, -0.1) is 10.2 Å². The molecule has 1 N–H and O–H groups in total. The molecule has 1 aromatic rings. The van der Waals surface area contributed by atoms with Gasteiger partial charge < -0.3 is 15.2 Å². The zero-order chi connectivity index (χ0) is 13.1. The van der Waals surface area contributed by atoms with Crippen molar-refractivity contribution < 1.29 is 14.7 Å². The molecule has 0 radical (unpaired) electrons. The summed E-state index contributed by atoms with van der Waals surface area (Å²) < 4.78 is 0. The highest BCUT2D eigenvalue weighted by Crippen LogP contribution is 2.31. The van der Waals surface area contributed by atoms with E-state index >= 15 is 0 Å². The number of carbonyl (C=O) groups is 2. The number of anilines is 1. The number of aryl methyl sites for hydroxylation is 1. The average Bonchev–Trinajstić information content (AvgIpc) is 2.74. The Labute approximate surface area is 108 Å². The van der Waals surface area contributed by atoms with Crippen LogP contribution in [0.4, 0.5) is 5.13 Å². The van der Waals surface area contributed by atoms with Crippen LogP contribution in [0.25, 0.3) is 0 Å². The number of aliphatic carboxylic acids is 1. The number of nitrogens with zero attached hydrogens (tertiary/aromatic N) is 2. The van der Waals surface area contributed by atoms with Crippen LogP contribution in [0.1, 0.15) is 30.7 Å². The maximum Gasteiger partial charge on any atom is 0.229 e. The monoisotopic (exact) mass is 268 g/mol. The van der Waals surface area contributed by atoms with Crippen LogP contribution in [-0.2, 0) is 9.59 Å². The highest BCUT2D eigenvalue weighted by molar-refractivity contribution is 7.15. The summed E-state index contributed by atoms with van der Waals surface area (Å²) in [4.78, 5) is 23.0. The minimum atomic E-state index is -1.14. The van der Waals surface area contributed by atoms with E-state index in [0.29, 0.717) is 18.0 Å². The Kier molecular flexibility index (Phi) is 3.90. The minimum absolute atomic E-state index is 0.292. The van der Waals surface area contributed by atoms with E-state index in [1.165, 1.54) is 11.3 Å². The molecule has 1 amide bonds. The van der Waals surface area contributed by atoms with Crippen LogP contribution in [0.5, 0.6) is 0 Å². The molecule has 2 atom stereocenters. The largest absolute Gasteiger partial charge is 0.550 e. The van der Waals surface area contributed by atoms with Gasteiger partial charge in [0.15, 0.2) is 0 Å². The van der Waals surface area contributed by atoms with Gasteiger partial charge in [0.1, 0.15) is 5.01 Å². The molecule has 0 saturated heterocycles. The Bertz CT molecular complexity index is 460. The SMILES string of the molecule is Cc1nnc(NC(=O)[C@@H]2CCCC[C@H]2C(=O)[O-])s1. The minimum Gasteiger partial charge on any atom is -0.550 e. The van der Waals surface area contributed by atoms with Crippen molar-refractivity contribution in [2.45, 2.75) is 32.6 Å². The highest BCUT2D eigenvalue weighted by atomic mass is 32.1. The Hall–Kier alpha value is -1.50. The molecular formula is C11H14N3O3S-. The average molecular weight is 268 g/mol. The number of amides is 1. The summed E-state index contributed by atoms with van der Waals surface area (Å²) >= 11 is 1.27. The van der Waals surface area contributed by atoms with E-state index in [0.717, 1.165) is 17.8 Å². The molecule has 1 aromatic heterocycles. The van der Waals surface area contributed by atoms with E-state index in [2.05, 4.69) is 15.5 Å². The fraction of sp³-hybridized carbons (Fsp3) is 0.636. The number of hydrogen-bond donors (Lipinski definition) is 1. The van der Waals surface area contributed by atoms with E-state index in [4.69, 9.17) is 0 Å². The van der Waals surface area contributed by atoms with Crippen molar-refractivity contribution in [2.24, 2.45) is 11.8 Å². The topological polar surface area (TPSA) is 95.0 Å². The molecule has 2 rings (SSSR count). The van der Waals surface area contributed by atoms with Crippen LogP contribution < -0.4 is 10.4 Å². The Morgan fingerprint density at radius 1 is 1.28 bits per heavy atom. The van der Waals surface area contributed by atoms with Gasteiger partial charge >= 0.3 is 0 Å². The quantitative estimate of drug-likeness (QED) is 0.853. The maximum atomic E-state index is 12.0.